The average molecular weight is 778 g/mol. The second-order valence-corrected chi connectivity index (χ2v) is 14.3. The summed E-state index contributed by atoms with van der Waals surface area (Å²) in [5.74, 6) is -1.10. The zero-order chi connectivity index (χ0) is 39.3. The van der Waals surface area contributed by atoms with Crippen molar-refractivity contribution in [3.8, 4) is 11.8 Å². The van der Waals surface area contributed by atoms with Crippen molar-refractivity contribution >= 4 is 69.2 Å². The van der Waals surface area contributed by atoms with Crippen LogP contribution in [0.3, 0.4) is 0 Å². The molecular formula is C44H35N5O5S2. The molecule has 0 bridgehead atoms. The predicted octanol–water partition coefficient (Wildman–Crippen LogP) is 8.90. The molecule has 0 fully saturated rings. The Morgan fingerprint density at radius 1 is 0.750 bits per heavy atom. The molecule has 0 aliphatic rings. The lowest BCUT2D eigenvalue weighted by Crippen LogP contribution is -2.30. The van der Waals surface area contributed by atoms with Crippen LogP contribution in [-0.4, -0.2) is 29.4 Å². The molecular weight excluding hydrogens is 743 g/mol. The van der Waals surface area contributed by atoms with E-state index in [4.69, 9.17) is 4.74 Å². The molecule has 0 saturated heterocycles. The fraction of sp³-hybridized carbons (Fsp3) is 0.0682. The number of nitrogens with one attached hydrogen (secondary N) is 4. The lowest BCUT2D eigenvalue weighted by atomic mass is 10.1. The van der Waals surface area contributed by atoms with Crippen molar-refractivity contribution in [2.75, 3.05) is 21.7 Å². The number of nitrogens with zero attached hydrogens (tertiary/aromatic N) is 1. The van der Waals surface area contributed by atoms with Crippen molar-refractivity contribution in [2.45, 2.75) is 18.4 Å². The minimum atomic E-state index is -0.553. The van der Waals surface area contributed by atoms with Gasteiger partial charge in [-0.1, -0.05) is 84.9 Å². The zero-order valence-corrected chi connectivity index (χ0v) is 31.7. The third-order valence-electron chi connectivity index (χ3n) is 8.18. The monoisotopic (exact) mass is 777 g/mol. The quantitative estimate of drug-likeness (QED) is 0.0638. The van der Waals surface area contributed by atoms with Gasteiger partial charge in [-0.2, -0.15) is 5.26 Å². The third kappa shape index (κ3) is 10.6. The topological polar surface area (TPSA) is 149 Å². The summed E-state index contributed by atoms with van der Waals surface area (Å²) >= 11 is 2.27. The largest absolute Gasteiger partial charge is 0.489 e. The molecule has 56 heavy (non-hydrogen) atoms. The second kappa shape index (κ2) is 18.9. The maximum absolute atomic E-state index is 13.7. The van der Waals surface area contributed by atoms with E-state index in [2.05, 4.69) is 27.3 Å². The van der Waals surface area contributed by atoms with Crippen molar-refractivity contribution in [1.82, 2.24) is 5.32 Å². The highest BCUT2D eigenvalue weighted by atomic mass is 32.2. The lowest BCUT2D eigenvalue weighted by Gasteiger charge is -2.12. The first kappa shape index (κ1) is 38.8. The van der Waals surface area contributed by atoms with Crippen LogP contribution in [0.4, 0.5) is 16.4 Å². The molecule has 0 aliphatic carbocycles. The molecule has 0 spiro atoms. The van der Waals surface area contributed by atoms with E-state index in [-0.39, 0.29) is 28.8 Å². The average Bonchev–Trinajstić information content (AvgIpc) is 3.54. The van der Waals surface area contributed by atoms with E-state index in [9.17, 15) is 24.4 Å². The van der Waals surface area contributed by atoms with E-state index >= 15 is 0 Å². The van der Waals surface area contributed by atoms with Gasteiger partial charge >= 0.3 is 0 Å². The smallest absolute Gasteiger partial charge is 0.272 e. The molecule has 5 aromatic carbocycles. The molecule has 278 valence electrons. The van der Waals surface area contributed by atoms with Gasteiger partial charge in [-0.3, -0.25) is 19.2 Å². The number of anilines is 3. The number of rotatable bonds is 14. The SMILES string of the molecule is Cc1c(C(=O)Nc2ccccc2)sc(NC(=O)CSc2cccc(NC(=O)/C(=C\c3ccc(OCc4ccccc4)cc3)NC(=O)c3ccccc3)c2)c1C#N. The van der Waals surface area contributed by atoms with Crippen LogP contribution in [0.15, 0.2) is 150 Å². The molecule has 0 radical (unpaired) electrons. The first-order valence-electron chi connectivity index (χ1n) is 17.3. The summed E-state index contributed by atoms with van der Waals surface area (Å²) in [6.07, 6.45) is 1.58. The van der Waals surface area contributed by atoms with Crippen LogP contribution < -0.4 is 26.0 Å². The molecule has 1 heterocycles. The molecule has 4 N–H and O–H groups in total. The number of hydrogen-bond acceptors (Lipinski definition) is 8. The number of ether oxygens (including phenoxy) is 1. The maximum Gasteiger partial charge on any atom is 0.272 e. The van der Waals surface area contributed by atoms with Crippen LogP contribution in [0.25, 0.3) is 6.08 Å². The summed E-state index contributed by atoms with van der Waals surface area (Å²) in [6, 6.07) is 43.6. The minimum absolute atomic E-state index is 0.00585. The Balaban J connectivity index is 1.10. The number of benzene rings is 5. The van der Waals surface area contributed by atoms with Crippen LogP contribution in [-0.2, 0) is 16.2 Å². The van der Waals surface area contributed by atoms with E-state index in [1.807, 2.05) is 36.4 Å². The summed E-state index contributed by atoms with van der Waals surface area (Å²) in [5, 5.41) is 21.3. The number of nitriles is 1. The van der Waals surface area contributed by atoms with Gasteiger partial charge in [-0.25, -0.2) is 0 Å². The summed E-state index contributed by atoms with van der Waals surface area (Å²) in [5.41, 5.74) is 3.87. The number of amides is 4. The van der Waals surface area contributed by atoms with Gasteiger partial charge in [-0.05, 0) is 84.3 Å². The molecule has 0 unspecified atom stereocenters. The summed E-state index contributed by atoms with van der Waals surface area (Å²) in [4.78, 5) is 53.9. The highest BCUT2D eigenvalue weighted by Gasteiger charge is 2.22. The van der Waals surface area contributed by atoms with Crippen molar-refractivity contribution in [3.05, 3.63) is 178 Å². The molecule has 4 amide bonds. The van der Waals surface area contributed by atoms with Gasteiger partial charge in [0.1, 0.15) is 29.1 Å². The fourth-order valence-electron chi connectivity index (χ4n) is 5.35. The van der Waals surface area contributed by atoms with Crippen molar-refractivity contribution < 1.29 is 23.9 Å². The van der Waals surface area contributed by atoms with Crippen LogP contribution in [0.5, 0.6) is 5.75 Å². The number of carbonyl (C=O) groups excluding carboxylic acids is 4. The van der Waals surface area contributed by atoms with Crippen LogP contribution >= 0.6 is 23.1 Å². The van der Waals surface area contributed by atoms with Crippen molar-refractivity contribution in [3.63, 3.8) is 0 Å². The van der Waals surface area contributed by atoms with Gasteiger partial charge < -0.3 is 26.0 Å². The number of carbonyl (C=O) groups is 4. The lowest BCUT2D eigenvalue weighted by molar-refractivity contribution is -0.114. The normalized spacial score (nSPS) is 10.8. The molecule has 12 heteroatoms. The van der Waals surface area contributed by atoms with Gasteiger partial charge in [0.25, 0.3) is 17.7 Å². The van der Waals surface area contributed by atoms with Crippen LogP contribution in [0, 0.1) is 18.3 Å². The predicted molar refractivity (Wildman–Crippen MR) is 222 cm³/mol. The van der Waals surface area contributed by atoms with Crippen molar-refractivity contribution in [1.29, 1.82) is 5.26 Å². The standard InChI is InChI=1S/C44H35N5O5S2/c1-29-37(26-45)44(56-40(29)43(53)46-33-16-9-4-10-17-33)49-39(50)28-55-36-19-11-18-34(25-36)47-42(52)38(48-41(51)32-14-7-3-8-15-32)24-30-20-22-35(23-21-30)54-27-31-12-5-2-6-13-31/h2-25H,27-28H2,1H3,(H,46,53)(H,47,52)(H,48,51)(H,49,50)/b38-24+. The number of para-hydroxylation sites is 1. The molecule has 6 aromatic rings. The highest BCUT2D eigenvalue weighted by Crippen LogP contribution is 2.33. The van der Waals surface area contributed by atoms with E-state index in [1.165, 1.54) is 11.8 Å². The Bertz CT molecular complexity index is 2410. The van der Waals surface area contributed by atoms with E-state index < -0.39 is 11.8 Å². The van der Waals surface area contributed by atoms with Crippen LogP contribution in [0.2, 0.25) is 0 Å². The Morgan fingerprint density at radius 2 is 1.41 bits per heavy atom. The highest BCUT2D eigenvalue weighted by molar-refractivity contribution is 8.00. The molecule has 1 aromatic heterocycles. The minimum Gasteiger partial charge on any atom is -0.489 e. The van der Waals surface area contributed by atoms with Gasteiger partial charge in [0.15, 0.2) is 0 Å². The maximum atomic E-state index is 13.7. The van der Waals surface area contributed by atoms with Gasteiger partial charge in [0, 0.05) is 21.8 Å². The van der Waals surface area contributed by atoms with Gasteiger partial charge in [-0.15, -0.1) is 23.1 Å². The van der Waals surface area contributed by atoms with E-state index in [0.29, 0.717) is 55.2 Å². The first-order chi connectivity index (χ1) is 27.2. The summed E-state index contributed by atoms with van der Waals surface area (Å²) < 4.78 is 5.90. The van der Waals surface area contributed by atoms with E-state index in [0.717, 1.165) is 16.9 Å². The van der Waals surface area contributed by atoms with Gasteiger partial charge in [0.2, 0.25) is 5.91 Å². The number of thiophene rings is 1. The van der Waals surface area contributed by atoms with E-state index in [1.54, 1.807) is 116 Å². The third-order valence-corrected chi connectivity index (χ3v) is 10.4. The molecule has 0 atom stereocenters. The summed E-state index contributed by atoms with van der Waals surface area (Å²) in [7, 11) is 0. The molecule has 6 rings (SSSR count). The molecule has 10 nitrogen and oxygen atoms in total. The number of thioether (sulfide) groups is 1. The second-order valence-electron chi connectivity index (χ2n) is 12.2. The molecule has 0 saturated carbocycles. The van der Waals surface area contributed by atoms with Crippen LogP contribution in [0.1, 0.15) is 42.3 Å². The van der Waals surface area contributed by atoms with Crippen molar-refractivity contribution in [2.24, 2.45) is 0 Å². The first-order valence-corrected chi connectivity index (χ1v) is 19.1. The fourth-order valence-corrected chi connectivity index (χ4v) is 7.17. The molecule has 0 aliphatic heterocycles. The Hall–Kier alpha value is -6.94. The Labute approximate surface area is 332 Å². The Kier molecular flexibility index (Phi) is 13.1. The van der Waals surface area contributed by atoms with Gasteiger partial charge in [0.05, 0.1) is 16.2 Å². The number of hydrogen-bond donors (Lipinski definition) is 4. The Morgan fingerprint density at radius 3 is 2.11 bits per heavy atom. The zero-order valence-electron chi connectivity index (χ0n) is 30.1. The summed E-state index contributed by atoms with van der Waals surface area (Å²) in [6.45, 7) is 2.08.